The first-order chi connectivity index (χ1) is 9.95. The molecule has 126 valence electrons. The molecule has 1 N–H and O–H groups in total. The summed E-state index contributed by atoms with van der Waals surface area (Å²) in [6, 6.07) is 0. The molecule has 0 aliphatic carbocycles. The molecule has 0 saturated carbocycles. The Hall–Kier alpha value is -0.130. The maximum atomic E-state index is 11.3. The van der Waals surface area contributed by atoms with Crippen LogP contribution in [0.4, 0.5) is 0 Å². The van der Waals surface area contributed by atoms with Crippen molar-refractivity contribution in [1.82, 2.24) is 0 Å². The molecule has 0 atom stereocenters. The minimum atomic E-state index is -3.31. The molecule has 0 aliphatic heterocycles. The van der Waals surface area contributed by atoms with Crippen LogP contribution in [-0.2, 0) is 13.8 Å². The van der Waals surface area contributed by atoms with Crippen LogP contribution in [0.3, 0.4) is 0 Å². The molecule has 0 aromatic carbocycles. The number of hydrogen-bond donors (Lipinski definition) is 1. The molecule has 4 nitrogen and oxygen atoms in total. The van der Waals surface area contributed by atoms with E-state index in [2.05, 4.69) is 0 Å². The SMILES string of the molecule is O=C(CCCO)CCCCCCCCCCCS(=O)(=O)Cl. The topological polar surface area (TPSA) is 71.4 Å². The van der Waals surface area contributed by atoms with Crippen LogP contribution in [0.15, 0.2) is 0 Å². The lowest BCUT2D eigenvalue weighted by Crippen LogP contribution is -1.99. The summed E-state index contributed by atoms with van der Waals surface area (Å²) in [7, 11) is 1.82. The highest BCUT2D eigenvalue weighted by molar-refractivity contribution is 8.13. The fourth-order valence-corrected chi connectivity index (χ4v) is 3.11. The van der Waals surface area contributed by atoms with E-state index in [1.54, 1.807) is 0 Å². The molecule has 0 unspecified atom stereocenters. The van der Waals surface area contributed by atoms with Crippen molar-refractivity contribution in [2.24, 2.45) is 0 Å². The number of aliphatic hydroxyl groups excluding tert-OH is 1. The normalized spacial score (nSPS) is 11.7. The van der Waals surface area contributed by atoms with E-state index in [9.17, 15) is 13.2 Å². The quantitative estimate of drug-likeness (QED) is 0.363. The Labute approximate surface area is 133 Å². The molecule has 0 aliphatic rings. The van der Waals surface area contributed by atoms with E-state index >= 15 is 0 Å². The molecule has 0 fully saturated rings. The second-order valence-electron chi connectivity index (χ2n) is 5.54. The van der Waals surface area contributed by atoms with Crippen LogP contribution in [0.2, 0.25) is 0 Å². The Morgan fingerprint density at radius 3 is 1.67 bits per heavy atom. The summed E-state index contributed by atoms with van der Waals surface area (Å²) in [5, 5.41) is 8.61. The summed E-state index contributed by atoms with van der Waals surface area (Å²) in [5.74, 6) is 0.345. The molecule has 0 heterocycles. The fraction of sp³-hybridized carbons (Fsp3) is 0.933. The van der Waals surface area contributed by atoms with Crippen molar-refractivity contribution in [3.8, 4) is 0 Å². The third kappa shape index (κ3) is 17.8. The van der Waals surface area contributed by atoms with Gasteiger partial charge in [0.15, 0.2) is 0 Å². The van der Waals surface area contributed by atoms with Gasteiger partial charge in [0.05, 0.1) is 5.75 Å². The lowest BCUT2D eigenvalue weighted by molar-refractivity contribution is -0.119. The van der Waals surface area contributed by atoms with Gasteiger partial charge in [0.25, 0.3) is 0 Å². The summed E-state index contributed by atoms with van der Waals surface area (Å²) >= 11 is 0. The van der Waals surface area contributed by atoms with Gasteiger partial charge >= 0.3 is 0 Å². The molecule has 0 bridgehead atoms. The molecule has 0 amide bonds. The number of aliphatic hydroxyl groups is 1. The zero-order valence-electron chi connectivity index (χ0n) is 12.9. The summed E-state index contributed by atoms with van der Waals surface area (Å²) in [4.78, 5) is 11.3. The largest absolute Gasteiger partial charge is 0.396 e. The Balaban J connectivity index is 3.17. The van der Waals surface area contributed by atoms with E-state index in [-0.39, 0.29) is 18.1 Å². The summed E-state index contributed by atoms with van der Waals surface area (Å²) in [6.45, 7) is 0.0998. The van der Waals surface area contributed by atoms with Gasteiger partial charge in [0.1, 0.15) is 5.78 Å². The van der Waals surface area contributed by atoms with Crippen molar-refractivity contribution in [3.63, 3.8) is 0 Å². The van der Waals surface area contributed by atoms with Gasteiger partial charge in [0, 0.05) is 30.1 Å². The number of halogens is 1. The van der Waals surface area contributed by atoms with Crippen LogP contribution in [-0.4, -0.2) is 31.7 Å². The molecule has 0 aromatic rings. The van der Waals surface area contributed by atoms with Gasteiger partial charge in [0.2, 0.25) is 9.05 Å². The van der Waals surface area contributed by atoms with Crippen molar-refractivity contribution in [1.29, 1.82) is 0 Å². The zero-order valence-corrected chi connectivity index (χ0v) is 14.4. The summed E-state index contributed by atoms with van der Waals surface area (Å²) in [6.07, 6.45) is 11.1. The third-order valence-corrected chi connectivity index (χ3v) is 4.70. The van der Waals surface area contributed by atoms with Crippen LogP contribution >= 0.6 is 10.7 Å². The zero-order chi connectivity index (χ0) is 16.0. The minimum absolute atomic E-state index is 0.0822. The van der Waals surface area contributed by atoms with Crippen LogP contribution in [0.1, 0.15) is 77.0 Å². The van der Waals surface area contributed by atoms with Crippen LogP contribution in [0.5, 0.6) is 0 Å². The molecule has 0 spiro atoms. The lowest BCUT2D eigenvalue weighted by Gasteiger charge is -2.02. The van der Waals surface area contributed by atoms with Crippen LogP contribution < -0.4 is 0 Å². The van der Waals surface area contributed by atoms with E-state index in [1.807, 2.05) is 0 Å². The van der Waals surface area contributed by atoms with Gasteiger partial charge < -0.3 is 5.11 Å². The van der Waals surface area contributed by atoms with Gasteiger partial charge in [-0.3, -0.25) is 4.79 Å². The lowest BCUT2D eigenvalue weighted by atomic mass is 10.0. The van der Waals surface area contributed by atoms with E-state index < -0.39 is 9.05 Å². The van der Waals surface area contributed by atoms with Crippen LogP contribution in [0, 0.1) is 0 Å². The van der Waals surface area contributed by atoms with Gasteiger partial charge in [-0.25, -0.2) is 8.42 Å². The number of rotatable bonds is 15. The average Bonchev–Trinajstić information content (AvgIpc) is 2.41. The maximum Gasteiger partial charge on any atom is 0.232 e. The number of unbranched alkanes of at least 4 members (excludes halogenated alkanes) is 8. The smallest absolute Gasteiger partial charge is 0.232 e. The predicted molar refractivity (Wildman–Crippen MR) is 87.1 cm³/mol. The van der Waals surface area contributed by atoms with Crippen molar-refractivity contribution in [2.75, 3.05) is 12.4 Å². The standard InChI is InChI=1S/C15H29ClO4S/c16-21(19,20)14-9-7-5-3-1-2-4-6-8-11-15(18)12-10-13-17/h17H,1-14H2. The average molecular weight is 341 g/mol. The number of hydrogen-bond acceptors (Lipinski definition) is 4. The first-order valence-electron chi connectivity index (χ1n) is 8.00. The van der Waals surface area contributed by atoms with Gasteiger partial charge in [-0.15, -0.1) is 0 Å². The second kappa shape index (κ2) is 13.5. The Morgan fingerprint density at radius 2 is 1.19 bits per heavy atom. The van der Waals surface area contributed by atoms with E-state index in [1.165, 1.54) is 12.8 Å². The number of ketones is 1. The molecule has 6 heteroatoms. The van der Waals surface area contributed by atoms with Crippen molar-refractivity contribution >= 4 is 25.5 Å². The minimum Gasteiger partial charge on any atom is -0.396 e. The predicted octanol–water partition coefficient (Wildman–Crippen LogP) is 3.80. The maximum absolute atomic E-state index is 11.3. The second-order valence-corrected chi connectivity index (χ2v) is 8.44. The number of Topliss-reactive ketones (excluding diaryl/α,β-unsaturated/α-hetero) is 1. The number of carbonyl (C=O) groups is 1. The first-order valence-corrected chi connectivity index (χ1v) is 10.5. The van der Waals surface area contributed by atoms with Crippen molar-refractivity contribution in [2.45, 2.75) is 77.0 Å². The molecule has 0 rings (SSSR count). The molecule has 0 radical (unpaired) electrons. The highest BCUT2D eigenvalue weighted by Crippen LogP contribution is 2.12. The summed E-state index contributed by atoms with van der Waals surface area (Å²) in [5.41, 5.74) is 0. The third-order valence-electron chi connectivity index (χ3n) is 3.46. The highest BCUT2D eigenvalue weighted by Gasteiger charge is 2.03. The van der Waals surface area contributed by atoms with Crippen molar-refractivity contribution in [3.05, 3.63) is 0 Å². The van der Waals surface area contributed by atoms with E-state index in [0.29, 0.717) is 25.7 Å². The van der Waals surface area contributed by atoms with E-state index in [4.69, 9.17) is 15.8 Å². The first kappa shape index (κ1) is 20.9. The molecule has 21 heavy (non-hydrogen) atoms. The monoisotopic (exact) mass is 340 g/mol. The van der Waals surface area contributed by atoms with E-state index in [0.717, 1.165) is 38.5 Å². The number of carbonyl (C=O) groups excluding carboxylic acids is 1. The summed E-state index contributed by atoms with van der Waals surface area (Å²) < 4.78 is 21.4. The highest BCUT2D eigenvalue weighted by atomic mass is 35.7. The van der Waals surface area contributed by atoms with Crippen LogP contribution in [0.25, 0.3) is 0 Å². The van der Waals surface area contributed by atoms with Gasteiger partial charge in [-0.1, -0.05) is 44.9 Å². The molecule has 0 saturated heterocycles. The van der Waals surface area contributed by atoms with Gasteiger partial charge in [-0.2, -0.15) is 0 Å². The van der Waals surface area contributed by atoms with Crippen molar-refractivity contribution < 1.29 is 18.3 Å². The van der Waals surface area contributed by atoms with Gasteiger partial charge in [-0.05, 0) is 19.3 Å². The fourth-order valence-electron chi connectivity index (χ4n) is 2.24. The Kier molecular flexibility index (Phi) is 13.4. The Morgan fingerprint density at radius 1 is 0.762 bits per heavy atom. The Bertz CT molecular complexity index is 355. The molecule has 0 aromatic heterocycles. The molecular weight excluding hydrogens is 312 g/mol. The molecular formula is C15H29ClO4S.